The quantitative estimate of drug-likeness (QED) is 0.326. The van der Waals surface area contributed by atoms with Crippen molar-refractivity contribution in [3.8, 4) is 17.0 Å². The van der Waals surface area contributed by atoms with Gasteiger partial charge in [0.2, 0.25) is 11.8 Å². The summed E-state index contributed by atoms with van der Waals surface area (Å²) in [5.74, 6) is 1.42. The predicted molar refractivity (Wildman–Crippen MR) is 144 cm³/mol. The van der Waals surface area contributed by atoms with Crippen molar-refractivity contribution in [1.29, 1.82) is 0 Å². The number of aromatic amines is 1. The number of aromatic nitrogens is 4. The smallest absolute Gasteiger partial charge is 0.253 e. The van der Waals surface area contributed by atoms with Gasteiger partial charge in [-0.1, -0.05) is 6.07 Å². The van der Waals surface area contributed by atoms with Crippen molar-refractivity contribution in [2.45, 2.75) is 26.4 Å². The maximum absolute atomic E-state index is 12.4. The van der Waals surface area contributed by atoms with Crippen molar-refractivity contribution in [3.05, 3.63) is 59.6 Å². The number of hydrogen-bond acceptors (Lipinski definition) is 8. The third-order valence-corrected chi connectivity index (χ3v) is 6.60. The number of carbonyl (C=O) groups excluding carboxylic acids is 1. The van der Waals surface area contributed by atoms with Gasteiger partial charge in [-0.15, -0.1) is 0 Å². The number of carbonyl (C=O) groups is 1. The average Bonchev–Trinajstić information content (AvgIpc) is 3.63. The van der Waals surface area contributed by atoms with Crippen LogP contribution in [0.4, 0.5) is 11.6 Å². The maximum Gasteiger partial charge on any atom is 0.253 e. The van der Waals surface area contributed by atoms with Crippen LogP contribution in [0.5, 0.6) is 5.88 Å². The van der Waals surface area contributed by atoms with Crippen LogP contribution in [0.3, 0.4) is 0 Å². The number of amides is 1. The highest BCUT2D eigenvalue weighted by atomic mass is 16.5. The Kier molecular flexibility index (Phi) is 5.96. The van der Waals surface area contributed by atoms with Crippen LogP contribution >= 0.6 is 0 Å². The van der Waals surface area contributed by atoms with Crippen molar-refractivity contribution in [2.75, 3.05) is 32.6 Å². The van der Waals surface area contributed by atoms with Gasteiger partial charge < -0.3 is 29.1 Å². The summed E-state index contributed by atoms with van der Waals surface area (Å²) in [6.07, 6.45) is 2.59. The van der Waals surface area contributed by atoms with Gasteiger partial charge in [0.05, 0.1) is 18.6 Å². The van der Waals surface area contributed by atoms with Crippen molar-refractivity contribution < 1.29 is 18.7 Å². The fourth-order valence-corrected chi connectivity index (χ4v) is 4.66. The molecule has 1 amide bonds. The van der Waals surface area contributed by atoms with Crippen LogP contribution in [0.1, 0.15) is 28.2 Å². The zero-order valence-electron chi connectivity index (χ0n) is 21.7. The van der Waals surface area contributed by atoms with E-state index < -0.39 is 0 Å². The SMILES string of the molecule is Cc1nc2ccc(-c3c[nH]c4nc(Nc5ccc(C(=O)N(C)C)cc5C)nc(O[C@H]5CCOC5)c34)cc2o1. The summed E-state index contributed by atoms with van der Waals surface area (Å²) in [5, 5.41) is 4.08. The van der Waals surface area contributed by atoms with Crippen LogP contribution in [0, 0.1) is 13.8 Å². The molecule has 6 rings (SSSR count). The highest BCUT2D eigenvalue weighted by Gasteiger charge is 2.23. The molecule has 1 fully saturated rings. The molecule has 3 aromatic heterocycles. The second kappa shape index (κ2) is 9.46. The van der Waals surface area contributed by atoms with Gasteiger partial charge in [-0.3, -0.25) is 4.79 Å². The predicted octanol–water partition coefficient (Wildman–Crippen LogP) is 5.00. The van der Waals surface area contributed by atoms with E-state index in [9.17, 15) is 4.79 Å². The molecule has 194 valence electrons. The number of rotatable bonds is 6. The molecule has 0 saturated carbocycles. The molecule has 1 aliphatic rings. The Hall–Kier alpha value is -4.44. The zero-order valence-corrected chi connectivity index (χ0v) is 21.7. The summed E-state index contributed by atoms with van der Waals surface area (Å²) in [5.41, 5.74) is 6.32. The van der Waals surface area contributed by atoms with E-state index in [1.807, 2.05) is 50.4 Å². The van der Waals surface area contributed by atoms with Crippen LogP contribution in [0.25, 0.3) is 33.3 Å². The van der Waals surface area contributed by atoms with E-state index in [-0.39, 0.29) is 12.0 Å². The van der Waals surface area contributed by atoms with Crippen LogP contribution < -0.4 is 10.1 Å². The van der Waals surface area contributed by atoms with Crippen LogP contribution in [0.2, 0.25) is 0 Å². The first kappa shape index (κ1) is 23.9. The lowest BCUT2D eigenvalue weighted by Gasteiger charge is -2.15. The maximum atomic E-state index is 12.4. The minimum atomic E-state index is -0.0961. The molecule has 0 aliphatic carbocycles. The van der Waals surface area contributed by atoms with E-state index in [1.165, 1.54) is 0 Å². The third kappa shape index (κ3) is 4.43. The molecule has 0 unspecified atom stereocenters. The first-order valence-electron chi connectivity index (χ1n) is 12.5. The molecule has 38 heavy (non-hydrogen) atoms. The van der Waals surface area contributed by atoms with Gasteiger partial charge in [0, 0.05) is 50.5 Å². The Morgan fingerprint density at radius 1 is 1.13 bits per heavy atom. The molecule has 1 atom stereocenters. The number of nitrogens with zero attached hydrogens (tertiary/aromatic N) is 4. The molecule has 1 saturated heterocycles. The normalized spacial score (nSPS) is 15.3. The molecule has 4 heterocycles. The number of H-pyrrole nitrogens is 1. The van der Waals surface area contributed by atoms with E-state index >= 15 is 0 Å². The fourth-order valence-electron chi connectivity index (χ4n) is 4.66. The van der Waals surface area contributed by atoms with E-state index in [0.717, 1.165) is 39.7 Å². The van der Waals surface area contributed by atoms with Gasteiger partial charge >= 0.3 is 0 Å². The van der Waals surface area contributed by atoms with E-state index in [4.69, 9.17) is 23.9 Å². The first-order chi connectivity index (χ1) is 18.4. The van der Waals surface area contributed by atoms with Crippen molar-refractivity contribution in [1.82, 2.24) is 24.8 Å². The third-order valence-electron chi connectivity index (χ3n) is 6.60. The van der Waals surface area contributed by atoms with Crippen molar-refractivity contribution >= 4 is 39.7 Å². The fraction of sp³-hybridized carbons (Fsp3) is 0.286. The summed E-state index contributed by atoms with van der Waals surface area (Å²) >= 11 is 0. The summed E-state index contributed by atoms with van der Waals surface area (Å²) in [6.45, 7) is 4.94. The highest BCUT2D eigenvalue weighted by molar-refractivity contribution is 5.99. The minimum absolute atomic E-state index is 0.0515. The average molecular weight is 513 g/mol. The first-order valence-corrected chi connectivity index (χ1v) is 12.5. The number of anilines is 2. The molecule has 2 N–H and O–H groups in total. The lowest BCUT2D eigenvalue weighted by Crippen LogP contribution is -2.21. The monoisotopic (exact) mass is 512 g/mol. The molecule has 5 aromatic rings. The van der Waals surface area contributed by atoms with Gasteiger partial charge in [-0.05, 0) is 48.4 Å². The molecule has 10 nitrogen and oxygen atoms in total. The number of hydrogen-bond donors (Lipinski definition) is 2. The Labute approximate surface area is 219 Å². The van der Waals surface area contributed by atoms with Gasteiger partial charge in [0.25, 0.3) is 5.91 Å². The molecular formula is C28H28N6O4. The number of ether oxygens (including phenoxy) is 2. The largest absolute Gasteiger partial charge is 0.471 e. The molecule has 0 spiro atoms. The Morgan fingerprint density at radius 2 is 2.00 bits per heavy atom. The van der Waals surface area contributed by atoms with Gasteiger partial charge in [0.15, 0.2) is 11.5 Å². The van der Waals surface area contributed by atoms with E-state index in [2.05, 4.69) is 15.3 Å². The lowest BCUT2D eigenvalue weighted by molar-refractivity contribution is 0.0827. The second-order valence-corrected chi connectivity index (χ2v) is 9.65. The number of aryl methyl sites for hydroxylation is 2. The number of fused-ring (bicyclic) bond motifs is 2. The van der Waals surface area contributed by atoms with Gasteiger partial charge in [-0.25, -0.2) is 4.98 Å². The number of oxazole rings is 1. The van der Waals surface area contributed by atoms with Gasteiger partial charge in [-0.2, -0.15) is 9.97 Å². The van der Waals surface area contributed by atoms with E-state index in [0.29, 0.717) is 47.7 Å². The topological polar surface area (TPSA) is 118 Å². The lowest BCUT2D eigenvalue weighted by atomic mass is 10.1. The Morgan fingerprint density at radius 3 is 2.76 bits per heavy atom. The van der Waals surface area contributed by atoms with Gasteiger partial charge in [0.1, 0.15) is 17.3 Å². The molecule has 10 heteroatoms. The molecular weight excluding hydrogens is 484 g/mol. The van der Waals surface area contributed by atoms with Crippen LogP contribution in [0.15, 0.2) is 47.0 Å². The Bertz CT molecular complexity index is 1670. The molecule has 0 radical (unpaired) electrons. The summed E-state index contributed by atoms with van der Waals surface area (Å²) in [7, 11) is 3.47. The van der Waals surface area contributed by atoms with Crippen molar-refractivity contribution in [2.24, 2.45) is 0 Å². The zero-order chi connectivity index (χ0) is 26.4. The number of benzene rings is 2. The standard InChI is InChI=1S/C28H28N6O4/c1-15-11-18(27(35)34(3)4)6-7-21(15)31-28-32-25-24(26(33-28)38-19-9-10-36-14-19)20(13-29-25)17-5-8-22-23(12-17)37-16(2)30-22/h5-8,11-13,19H,9-10,14H2,1-4H3,(H2,29,31,32,33)/t19-/m0/s1. The molecule has 0 bridgehead atoms. The second-order valence-electron chi connectivity index (χ2n) is 9.65. The highest BCUT2D eigenvalue weighted by Crippen LogP contribution is 2.37. The summed E-state index contributed by atoms with van der Waals surface area (Å²) < 4.78 is 17.7. The van der Waals surface area contributed by atoms with Crippen LogP contribution in [-0.2, 0) is 4.74 Å². The van der Waals surface area contributed by atoms with E-state index in [1.54, 1.807) is 25.1 Å². The molecule has 1 aliphatic heterocycles. The molecule has 2 aromatic carbocycles. The summed E-state index contributed by atoms with van der Waals surface area (Å²) in [4.78, 5) is 31.1. The van der Waals surface area contributed by atoms with Crippen LogP contribution in [-0.4, -0.2) is 64.2 Å². The minimum Gasteiger partial charge on any atom is -0.471 e. The summed E-state index contributed by atoms with van der Waals surface area (Å²) in [6, 6.07) is 11.4. The number of nitrogens with one attached hydrogen (secondary N) is 2. The Balaban J connectivity index is 1.40. The van der Waals surface area contributed by atoms with Crippen molar-refractivity contribution in [3.63, 3.8) is 0 Å².